The molecule has 0 spiro atoms. The van der Waals surface area contributed by atoms with Crippen LogP contribution in [0.25, 0.3) is 11.0 Å². The number of para-hydroxylation sites is 1. The van der Waals surface area contributed by atoms with Crippen molar-refractivity contribution in [3.8, 4) is 5.75 Å². The minimum atomic E-state index is -0.723. The summed E-state index contributed by atoms with van der Waals surface area (Å²) >= 11 is 3.42. The van der Waals surface area contributed by atoms with Gasteiger partial charge in [-0.25, -0.2) is 4.79 Å². The van der Waals surface area contributed by atoms with Crippen LogP contribution in [0.15, 0.2) is 75.6 Å². The van der Waals surface area contributed by atoms with Crippen LogP contribution < -0.4 is 10.1 Å². The van der Waals surface area contributed by atoms with Gasteiger partial charge in [-0.2, -0.15) is 0 Å². The Bertz CT molecular complexity index is 1340. The molecule has 0 fully saturated rings. The lowest BCUT2D eigenvalue weighted by Crippen LogP contribution is -2.13. The van der Waals surface area contributed by atoms with Crippen molar-refractivity contribution in [3.63, 3.8) is 0 Å². The lowest BCUT2D eigenvalue weighted by atomic mass is 10.1. The van der Waals surface area contributed by atoms with Gasteiger partial charge in [0.05, 0.1) is 22.8 Å². The molecule has 1 unspecified atom stereocenters. The van der Waals surface area contributed by atoms with Crippen LogP contribution in [0.3, 0.4) is 0 Å². The zero-order valence-electron chi connectivity index (χ0n) is 16.3. The minimum absolute atomic E-state index is 0.138. The smallest absolute Gasteiger partial charge is 0.340 e. The third-order valence-corrected chi connectivity index (χ3v) is 5.80. The van der Waals surface area contributed by atoms with Crippen LogP contribution in [0, 0.1) is 0 Å². The molecule has 154 valence electrons. The topological polar surface area (TPSA) is 77.8 Å². The molecule has 1 N–H and O–H groups in total. The number of hydrogen-bond donors (Lipinski definition) is 1. The maximum absolute atomic E-state index is 13.4. The summed E-state index contributed by atoms with van der Waals surface area (Å²) in [5, 5.41) is 3.93. The molecule has 2 heterocycles. The Labute approximate surface area is 185 Å². The third-order valence-electron chi connectivity index (χ3n) is 5.18. The summed E-state index contributed by atoms with van der Waals surface area (Å²) in [4.78, 5) is 25.6. The first kappa shape index (κ1) is 19.4. The Balaban J connectivity index is 1.59. The van der Waals surface area contributed by atoms with Gasteiger partial charge >= 0.3 is 5.97 Å². The first-order valence-electron chi connectivity index (χ1n) is 9.53. The number of ether oxygens (including phenoxy) is 2. The van der Waals surface area contributed by atoms with E-state index in [4.69, 9.17) is 13.9 Å². The number of benzene rings is 3. The molecule has 6 nitrogen and oxygen atoms in total. The van der Waals surface area contributed by atoms with E-state index < -0.39 is 12.2 Å². The molecular weight excluding hydrogens is 462 g/mol. The number of anilines is 1. The monoisotopic (exact) mass is 477 g/mol. The van der Waals surface area contributed by atoms with Gasteiger partial charge in [-0.05, 0) is 52.3 Å². The van der Waals surface area contributed by atoms with Gasteiger partial charge in [0, 0.05) is 16.5 Å². The lowest BCUT2D eigenvalue weighted by molar-refractivity contribution is 0.0437. The number of carbonyl (C=O) groups excluding carboxylic acids is 2. The van der Waals surface area contributed by atoms with Crippen molar-refractivity contribution in [2.45, 2.75) is 6.23 Å². The van der Waals surface area contributed by atoms with Crippen molar-refractivity contribution in [1.29, 1.82) is 0 Å². The standard InChI is InChI=1S/C24H16BrNO5/c1-29-19-11-10-13(12-17(19)25)21(27)22-20(16-8-4-5-9-18(16)30-22)26-23-14-6-2-3-7-15(14)24(28)31-23/h2-12,23,26H,1H3. The van der Waals surface area contributed by atoms with Crippen LogP contribution >= 0.6 is 15.9 Å². The van der Waals surface area contributed by atoms with E-state index in [-0.39, 0.29) is 11.5 Å². The predicted octanol–water partition coefficient (Wildman–Crippen LogP) is 5.72. The second-order valence-electron chi connectivity index (χ2n) is 7.00. The summed E-state index contributed by atoms with van der Waals surface area (Å²) in [6, 6.07) is 19.6. The fraction of sp³-hybridized carbons (Fsp3) is 0.0833. The Kier molecular flexibility index (Phi) is 4.75. The first-order valence-corrected chi connectivity index (χ1v) is 10.3. The summed E-state index contributed by atoms with van der Waals surface area (Å²) in [6.07, 6.45) is -0.723. The van der Waals surface area contributed by atoms with Crippen LogP contribution in [-0.4, -0.2) is 18.9 Å². The summed E-state index contributed by atoms with van der Waals surface area (Å²) in [5.74, 6) is 0.0419. The number of fused-ring (bicyclic) bond motifs is 2. The lowest BCUT2D eigenvalue weighted by Gasteiger charge is -2.14. The highest BCUT2D eigenvalue weighted by molar-refractivity contribution is 9.10. The summed E-state index contributed by atoms with van der Waals surface area (Å²) in [6.45, 7) is 0. The Morgan fingerprint density at radius 1 is 1.06 bits per heavy atom. The quantitative estimate of drug-likeness (QED) is 0.292. The molecule has 0 saturated heterocycles. The van der Waals surface area contributed by atoms with E-state index in [0.29, 0.717) is 38.2 Å². The van der Waals surface area contributed by atoms with Gasteiger partial charge in [0.15, 0.2) is 5.76 Å². The van der Waals surface area contributed by atoms with Gasteiger partial charge < -0.3 is 19.2 Å². The highest BCUT2D eigenvalue weighted by atomic mass is 79.9. The molecule has 31 heavy (non-hydrogen) atoms. The van der Waals surface area contributed by atoms with Gasteiger partial charge in [-0.1, -0.05) is 30.3 Å². The third kappa shape index (κ3) is 3.27. The van der Waals surface area contributed by atoms with Crippen LogP contribution in [0.2, 0.25) is 0 Å². The number of methoxy groups -OCH3 is 1. The van der Waals surface area contributed by atoms with Crippen molar-refractivity contribution >= 4 is 44.3 Å². The molecular formula is C24H16BrNO5. The maximum atomic E-state index is 13.4. The minimum Gasteiger partial charge on any atom is -0.496 e. The van der Waals surface area contributed by atoms with Crippen molar-refractivity contribution in [2.75, 3.05) is 12.4 Å². The van der Waals surface area contributed by atoms with Crippen LogP contribution in [0.4, 0.5) is 5.69 Å². The molecule has 1 aliphatic heterocycles. The molecule has 1 aromatic heterocycles. The Morgan fingerprint density at radius 2 is 1.84 bits per heavy atom. The normalized spacial score (nSPS) is 14.9. The van der Waals surface area contributed by atoms with Gasteiger partial charge in [-0.3, -0.25) is 4.79 Å². The number of halogens is 1. The zero-order chi connectivity index (χ0) is 21.5. The molecule has 5 rings (SSSR count). The number of cyclic esters (lactones) is 1. The number of carbonyl (C=O) groups is 2. The number of esters is 1. The average molecular weight is 478 g/mol. The van der Waals surface area contributed by atoms with E-state index in [1.165, 1.54) is 0 Å². The fourth-order valence-electron chi connectivity index (χ4n) is 3.67. The Hall–Kier alpha value is -3.58. The second kappa shape index (κ2) is 7.59. The predicted molar refractivity (Wildman–Crippen MR) is 119 cm³/mol. The molecule has 0 aliphatic carbocycles. The van der Waals surface area contributed by atoms with Gasteiger partial charge in [0.25, 0.3) is 0 Å². The number of nitrogens with one attached hydrogen (secondary N) is 1. The van der Waals surface area contributed by atoms with Crippen molar-refractivity contribution in [2.24, 2.45) is 0 Å². The summed E-state index contributed by atoms with van der Waals surface area (Å²) in [7, 11) is 1.56. The molecule has 4 aromatic rings. The average Bonchev–Trinajstić information content (AvgIpc) is 3.31. The zero-order valence-corrected chi connectivity index (χ0v) is 17.9. The van der Waals surface area contributed by atoms with Crippen LogP contribution in [-0.2, 0) is 4.74 Å². The van der Waals surface area contributed by atoms with Crippen LogP contribution in [0.1, 0.15) is 38.3 Å². The van der Waals surface area contributed by atoms with Crippen molar-refractivity contribution in [3.05, 3.63) is 93.7 Å². The van der Waals surface area contributed by atoms with Crippen LogP contribution in [0.5, 0.6) is 5.75 Å². The molecule has 0 saturated carbocycles. The molecule has 0 radical (unpaired) electrons. The second-order valence-corrected chi connectivity index (χ2v) is 7.85. The summed E-state index contributed by atoms with van der Waals surface area (Å²) < 4.78 is 17.4. The Morgan fingerprint density at radius 3 is 2.65 bits per heavy atom. The van der Waals surface area contributed by atoms with Crippen molar-refractivity contribution in [1.82, 2.24) is 0 Å². The highest BCUT2D eigenvalue weighted by Gasteiger charge is 2.33. The first-order chi connectivity index (χ1) is 15.1. The number of hydrogen-bond acceptors (Lipinski definition) is 6. The number of ketones is 1. The van der Waals surface area contributed by atoms with Gasteiger partial charge in [0.1, 0.15) is 11.3 Å². The van der Waals surface area contributed by atoms with E-state index in [9.17, 15) is 9.59 Å². The molecule has 1 aliphatic rings. The van der Waals surface area contributed by atoms with Gasteiger partial charge in [-0.15, -0.1) is 0 Å². The molecule has 0 bridgehead atoms. The van der Waals surface area contributed by atoms with E-state index in [0.717, 1.165) is 5.39 Å². The number of rotatable bonds is 5. The summed E-state index contributed by atoms with van der Waals surface area (Å²) in [5.41, 5.74) is 2.67. The molecule has 0 amide bonds. The molecule has 3 aromatic carbocycles. The van der Waals surface area contributed by atoms with Crippen molar-refractivity contribution < 1.29 is 23.5 Å². The largest absolute Gasteiger partial charge is 0.496 e. The van der Waals surface area contributed by atoms with Gasteiger partial charge in [0.2, 0.25) is 12.0 Å². The van der Waals surface area contributed by atoms with E-state index >= 15 is 0 Å². The van der Waals surface area contributed by atoms with E-state index in [1.54, 1.807) is 43.5 Å². The molecule has 1 atom stereocenters. The van der Waals surface area contributed by atoms with E-state index in [2.05, 4.69) is 21.2 Å². The fourth-order valence-corrected chi connectivity index (χ4v) is 4.21. The highest BCUT2D eigenvalue weighted by Crippen LogP contribution is 2.38. The van der Waals surface area contributed by atoms with E-state index in [1.807, 2.05) is 30.3 Å². The maximum Gasteiger partial charge on any atom is 0.340 e. The molecule has 7 heteroatoms. The number of furan rings is 1. The SMILES string of the molecule is COc1ccc(C(=O)c2oc3ccccc3c2NC2OC(=O)c3ccccc32)cc1Br.